The fraction of sp³-hybridized carbons (Fsp3) is 0.280. The number of nitrogens with zero attached hydrogens (tertiary/aromatic N) is 5. The zero-order chi connectivity index (χ0) is 26.7. The van der Waals surface area contributed by atoms with Gasteiger partial charge in [0.2, 0.25) is 5.75 Å². The van der Waals surface area contributed by atoms with E-state index >= 15 is 0 Å². The minimum Gasteiger partial charge on any atom is -0.489 e. The van der Waals surface area contributed by atoms with Crippen LogP contribution in [0.1, 0.15) is 5.56 Å². The van der Waals surface area contributed by atoms with Crippen LogP contribution in [-0.2, 0) is 14.8 Å². The maximum atomic E-state index is 13.4. The van der Waals surface area contributed by atoms with Crippen LogP contribution in [-0.4, -0.2) is 82.0 Å². The van der Waals surface area contributed by atoms with E-state index in [2.05, 4.69) is 29.9 Å². The molecule has 0 saturated carbocycles. The molecule has 38 heavy (non-hydrogen) atoms. The number of rotatable bonds is 8. The molecule has 3 heterocycles. The lowest BCUT2D eigenvalue weighted by molar-refractivity contribution is -0.112. The number of carbonyl (C=O) groups is 1. The molecule has 2 aromatic carbocycles. The fourth-order valence-corrected chi connectivity index (χ4v) is 5.35. The monoisotopic (exact) mass is 537 g/mol. The molecular formula is C25H27N7O5S. The Morgan fingerprint density at radius 1 is 1.03 bits per heavy atom. The number of benzene rings is 2. The van der Waals surface area contributed by atoms with Crippen LogP contribution >= 0.6 is 0 Å². The Morgan fingerprint density at radius 2 is 1.76 bits per heavy atom. The van der Waals surface area contributed by atoms with Crippen molar-refractivity contribution in [3.63, 3.8) is 0 Å². The van der Waals surface area contributed by atoms with E-state index in [1.54, 1.807) is 17.0 Å². The average molecular weight is 538 g/mol. The van der Waals surface area contributed by atoms with Crippen molar-refractivity contribution in [2.24, 2.45) is 4.99 Å². The molecule has 0 aliphatic carbocycles. The summed E-state index contributed by atoms with van der Waals surface area (Å²) in [4.78, 5) is 29.8. The second-order valence-corrected chi connectivity index (χ2v) is 10.3. The number of aromatic nitrogens is 2. The summed E-state index contributed by atoms with van der Waals surface area (Å²) in [5, 5.41) is 3.32. The number of aliphatic imine (C=N–C) groups is 1. The summed E-state index contributed by atoms with van der Waals surface area (Å²) in [6.07, 6.45) is 1.17. The summed E-state index contributed by atoms with van der Waals surface area (Å²) in [5.74, 6) is -0.0847. The summed E-state index contributed by atoms with van der Waals surface area (Å²) in [7, 11) is -1.26. The second-order valence-electron chi connectivity index (χ2n) is 8.58. The molecule has 0 radical (unpaired) electrons. The molecule has 2 aliphatic rings. The number of anilines is 2. The number of piperazine rings is 1. The van der Waals surface area contributed by atoms with E-state index in [1.165, 1.54) is 32.7 Å². The molecule has 3 aromatic rings. The van der Waals surface area contributed by atoms with Crippen molar-refractivity contribution in [1.82, 2.24) is 20.2 Å². The van der Waals surface area contributed by atoms with Crippen molar-refractivity contribution in [2.45, 2.75) is 4.90 Å². The molecule has 198 valence electrons. The van der Waals surface area contributed by atoms with Gasteiger partial charge in [-0.05, 0) is 30.3 Å². The van der Waals surface area contributed by atoms with Crippen LogP contribution in [0.3, 0.4) is 0 Å². The number of amides is 1. The number of sulfonamides is 1. The number of para-hydroxylation sites is 1. The van der Waals surface area contributed by atoms with Crippen LogP contribution in [0.5, 0.6) is 11.6 Å². The minimum atomic E-state index is -4.01. The van der Waals surface area contributed by atoms with Crippen molar-refractivity contribution < 1.29 is 22.7 Å². The van der Waals surface area contributed by atoms with Gasteiger partial charge in [-0.1, -0.05) is 18.2 Å². The highest BCUT2D eigenvalue weighted by Gasteiger charge is 2.35. The molecule has 1 saturated heterocycles. The van der Waals surface area contributed by atoms with Gasteiger partial charge < -0.3 is 14.8 Å². The predicted molar refractivity (Wildman–Crippen MR) is 142 cm³/mol. The van der Waals surface area contributed by atoms with Gasteiger partial charge in [0.15, 0.2) is 5.82 Å². The first kappa shape index (κ1) is 25.6. The number of hydrogen-bond acceptors (Lipinski definition) is 10. The minimum absolute atomic E-state index is 0.0143. The average Bonchev–Trinajstić information content (AvgIpc) is 3.19. The number of ether oxygens (including phenoxy) is 2. The molecule has 1 aromatic heterocycles. The number of carbonyl (C=O) groups excluding carboxylic acids is 1. The van der Waals surface area contributed by atoms with Crippen molar-refractivity contribution in [2.75, 3.05) is 56.7 Å². The van der Waals surface area contributed by atoms with Crippen molar-refractivity contribution in [3.8, 4) is 11.6 Å². The van der Waals surface area contributed by atoms with Crippen molar-refractivity contribution in [1.29, 1.82) is 0 Å². The molecule has 2 N–H and O–H groups in total. The zero-order valence-corrected chi connectivity index (χ0v) is 21.7. The quantitative estimate of drug-likeness (QED) is 0.439. The third-order valence-corrected chi connectivity index (χ3v) is 7.59. The highest BCUT2D eigenvalue weighted by Crippen LogP contribution is 2.33. The fourth-order valence-electron chi connectivity index (χ4n) is 4.34. The lowest BCUT2D eigenvalue weighted by Gasteiger charge is -2.31. The summed E-state index contributed by atoms with van der Waals surface area (Å²) in [6.45, 7) is 3.96. The lowest BCUT2D eigenvalue weighted by atomic mass is 10.1. The Bertz CT molecular complexity index is 1470. The molecule has 0 atom stereocenters. The van der Waals surface area contributed by atoms with E-state index in [0.717, 1.165) is 37.4 Å². The van der Waals surface area contributed by atoms with E-state index < -0.39 is 10.0 Å². The summed E-state index contributed by atoms with van der Waals surface area (Å²) in [6, 6.07) is 13.5. The molecule has 5 rings (SSSR count). The van der Waals surface area contributed by atoms with E-state index in [0.29, 0.717) is 18.1 Å². The topological polar surface area (TPSA) is 138 Å². The van der Waals surface area contributed by atoms with Gasteiger partial charge >= 0.3 is 0 Å². The van der Waals surface area contributed by atoms with Crippen LogP contribution in [0.25, 0.3) is 0 Å². The molecule has 2 aliphatic heterocycles. The number of fused-ring (bicyclic) bond motifs is 1. The highest BCUT2D eigenvalue weighted by atomic mass is 32.2. The van der Waals surface area contributed by atoms with Gasteiger partial charge in [0.1, 0.15) is 12.0 Å². The number of hydrogen-bond donors (Lipinski definition) is 2. The lowest BCUT2D eigenvalue weighted by Crippen LogP contribution is -2.49. The van der Waals surface area contributed by atoms with Crippen LogP contribution in [0, 0.1) is 0 Å². The maximum Gasteiger partial charge on any atom is 0.278 e. The van der Waals surface area contributed by atoms with Gasteiger partial charge in [-0.2, -0.15) is 4.98 Å². The summed E-state index contributed by atoms with van der Waals surface area (Å²) >= 11 is 0. The number of nitrogens with one attached hydrogen (secondary N) is 2. The second kappa shape index (κ2) is 10.7. The van der Waals surface area contributed by atoms with E-state index in [-0.39, 0.29) is 28.3 Å². The predicted octanol–water partition coefficient (Wildman–Crippen LogP) is 1.62. The molecule has 0 spiro atoms. The van der Waals surface area contributed by atoms with Gasteiger partial charge in [0, 0.05) is 31.7 Å². The van der Waals surface area contributed by atoms with E-state index in [9.17, 15) is 13.2 Å². The molecule has 12 nitrogen and oxygen atoms in total. The molecule has 13 heteroatoms. The first-order valence-corrected chi connectivity index (χ1v) is 13.4. The van der Waals surface area contributed by atoms with Crippen molar-refractivity contribution in [3.05, 3.63) is 60.4 Å². The Kier molecular flexibility index (Phi) is 7.22. The van der Waals surface area contributed by atoms with Crippen LogP contribution in [0.2, 0.25) is 0 Å². The first-order chi connectivity index (χ1) is 18.4. The van der Waals surface area contributed by atoms with Crippen LogP contribution < -0.4 is 24.4 Å². The largest absolute Gasteiger partial charge is 0.489 e. The van der Waals surface area contributed by atoms with Gasteiger partial charge in [-0.3, -0.25) is 19.3 Å². The standard InChI is InChI=1S/C25H27N7O5S/c1-36-22-23(27-15-28-24(22)37-2)30-38(34,35)18-9-7-17(8-10-18)29-21-19-5-3-4-6-20(19)32(25(21)33)16-31-13-11-26-12-14-31/h3-10,15,26H,11-14,16H2,1-2H3,(H,27,28,30). The SMILES string of the molecule is COc1ncnc(NS(=O)(=O)c2ccc(N=C3C(=O)N(CN4CCNCC4)c4ccccc43)cc2)c1OC. The number of methoxy groups -OCH3 is 2. The Hall–Kier alpha value is -4.07. The third-order valence-electron chi connectivity index (χ3n) is 6.24. The molecular weight excluding hydrogens is 510 g/mol. The Morgan fingerprint density at radius 3 is 2.47 bits per heavy atom. The van der Waals surface area contributed by atoms with Crippen LogP contribution in [0.4, 0.5) is 17.2 Å². The molecule has 0 bridgehead atoms. The maximum absolute atomic E-state index is 13.4. The zero-order valence-electron chi connectivity index (χ0n) is 20.9. The molecule has 0 unspecified atom stereocenters. The molecule has 1 fully saturated rings. The smallest absolute Gasteiger partial charge is 0.278 e. The summed E-state index contributed by atoms with van der Waals surface area (Å²) < 4.78 is 38.7. The van der Waals surface area contributed by atoms with Gasteiger partial charge in [-0.25, -0.2) is 18.4 Å². The highest BCUT2D eigenvalue weighted by molar-refractivity contribution is 7.92. The van der Waals surface area contributed by atoms with Gasteiger partial charge in [0.05, 0.1) is 37.2 Å². The van der Waals surface area contributed by atoms with E-state index in [4.69, 9.17) is 9.47 Å². The van der Waals surface area contributed by atoms with Gasteiger partial charge in [-0.15, -0.1) is 0 Å². The normalized spacial score (nSPS) is 16.9. The van der Waals surface area contributed by atoms with Gasteiger partial charge in [0.25, 0.3) is 21.8 Å². The third kappa shape index (κ3) is 5.03. The van der Waals surface area contributed by atoms with Crippen molar-refractivity contribution >= 4 is 38.8 Å². The first-order valence-electron chi connectivity index (χ1n) is 11.9. The van der Waals surface area contributed by atoms with E-state index in [1.807, 2.05) is 24.3 Å². The van der Waals surface area contributed by atoms with Crippen LogP contribution in [0.15, 0.2) is 64.7 Å². The Labute approximate surface area is 220 Å². The molecule has 1 amide bonds. The summed E-state index contributed by atoms with van der Waals surface area (Å²) in [5.41, 5.74) is 2.33. The Balaban J connectivity index is 1.39.